The molecule has 0 aliphatic carbocycles. The van der Waals surface area contributed by atoms with Gasteiger partial charge in [0.2, 0.25) is 5.91 Å². The summed E-state index contributed by atoms with van der Waals surface area (Å²) in [6.07, 6.45) is 0.446. The SMILES string of the molecule is Cl.Cl.O=C(Nc1c(Cl)ccc2nc(N3CCNCC3)ccc12)C(Cl)Cc1ccccc1. The number of fused-ring (bicyclic) bond motifs is 1. The Morgan fingerprint density at radius 2 is 1.77 bits per heavy atom. The molecule has 1 saturated heterocycles. The number of nitrogens with zero attached hydrogens (tertiary/aromatic N) is 2. The maximum Gasteiger partial charge on any atom is 0.242 e. The molecule has 166 valence electrons. The lowest BCUT2D eigenvalue weighted by Gasteiger charge is -2.28. The Hall–Kier alpha value is -1.76. The van der Waals surface area contributed by atoms with Crippen LogP contribution in [0.3, 0.4) is 0 Å². The summed E-state index contributed by atoms with van der Waals surface area (Å²) in [5, 5.41) is 6.81. The first-order chi connectivity index (χ1) is 14.1. The van der Waals surface area contributed by atoms with Crippen LogP contribution in [0.4, 0.5) is 11.5 Å². The van der Waals surface area contributed by atoms with Gasteiger partial charge in [-0.2, -0.15) is 0 Å². The van der Waals surface area contributed by atoms with E-state index in [1.54, 1.807) is 6.07 Å². The molecule has 31 heavy (non-hydrogen) atoms. The second-order valence-corrected chi connectivity index (χ2v) is 7.98. The van der Waals surface area contributed by atoms with E-state index in [0.29, 0.717) is 17.1 Å². The third-order valence-corrected chi connectivity index (χ3v) is 5.70. The van der Waals surface area contributed by atoms with Crippen LogP contribution >= 0.6 is 48.0 Å². The number of anilines is 2. The van der Waals surface area contributed by atoms with Gasteiger partial charge in [-0.3, -0.25) is 4.79 Å². The fourth-order valence-corrected chi connectivity index (χ4v) is 3.92. The maximum atomic E-state index is 12.7. The lowest BCUT2D eigenvalue weighted by atomic mass is 10.1. The fraction of sp³-hybridized carbons (Fsp3) is 0.273. The van der Waals surface area contributed by atoms with Crippen molar-refractivity contribution < 1.29 is 4.79 Å². The normalized spacial score (nSPS) is 14.3. The van der Waals surface area contributed by atoms with Crippen LogP contribution in [0.5, 0.6) is 0 Å². The lowest BCUT2D eigenvalue weighted by molar-refractivity contribution is -0.115. The second kappa shape index (κ2) is 11.7. The van der Waals surface area contributed by atoms with Crippen molar-refractivity contribution in [3.63, 3.8) is 0 Å². The van der Waals surface area contributed by atoms with E-state index in [0.717, 1.165) is 48.5 Å². The zero-order valence-electron chi connectivity index (χ0n) is 16.7. The van der Waals surface area contributed by atoms with Gasteiger partial charge in [0.15, 0.2) is 0 Å². The minimum atomic E-state index is -0.697. The predicted molar refractivity (Wildman–Crippen MR) is 135 cm³/mol. The van der Waals surface area contributed by atoms with Crippen molar-refractivity contribution in [3.8, 4) is 0 Å². The van der Waals surface area contributed by atoms with E-state index >= 15 is 0 Å². The van der Waals surface area contributed by atoms with Crippen LogP contribution in [-0.4, -0.2) is 42.4 Å². The summed E-state index contributed by atoms with van der Waals surface area (Å²) < 4.78 is 0. The van der Waals surface area contributed by atoms with E-state index in [1.165, 1.54) is 0 Å². The third-order valence-electron chi connectivity index (χ3n) is 5.04. The molecular formula is C22H24Cl4N4O. The second-order valence-electron chi connectivity index (χ2n) is 7.04. The molecule has 1 fully saturated rings. The number of carbonyl (C=O) groups excluding carboxylic acids is 1. The van der Waals surface area contributed by atoms with E-state index in [9.17, 15) is 4.79 Å². The minimum absolute atomic E-state index is 0. The Morgan fingerprint density at radius 3 is 2.48 bits per heavy atom. The summed E-state index contributed by atoms with van der Waals surface area (Å²) in [6, 6.07) is 17.3. The first-order valence-electron chi connectivity index (χ1n) is 9.65. The molecule has 0 bridgehead atoms. The number of aromatic nitrogens is 1. The number of benzene rings is 2. The van der Waals surface area contributed by atoms with Crippen LogP contribution in [-0.2, 0) is 11.2 Å². The maximum absolute atomic E-state index is 12.7. The Labute approximate surface area is 204 Å². The number of rotatable bonds is 5. The highest BCUT2D eigenvalue weighted by Crippen LogP contribution is 2.32. The van der Waals surface area contributed by atoms with Gasteiger partial charge in [0.25, 0.3) is 0 Å². The molecule has 2 aromatic carbocycles. The first-order valence-corrected chi connectivity index (χ1v) is 10.5. The monoisotopic (exact) mass is 500 g/mol. The molecule has 1 amide bonds. The first kappa shape index (κ1) is 25.5. The van der Waals surface area contributed by atoms with Crippen molar-refractivity contribution >= 4 is 76.3 Å². The summed E-state index contributed by atoms with van der Waals surface area (Å²) in [6.45, 7) is 3.73. The molecular weight excluding hydrogens is 478 g/mol. The number of nitrogens with one attached hydrogen (secondary N) is 2. The van der Waals surface area contributed by atoms with Gasteiger partial charge in [-0.25, -0.2) is 4.98 Å². The van der Waals surface area contributed by atoms with E-state index in [2.05, 4.69) is 15.5 Å². The van der Waals surface area contributed by atoms with Crippen molar-refractivity contribution in [2.75, 3.05) is 36.4 Å². The van der Waals surface area contributed by atoms with Crippen molar-refractivity contribution in [2.45, 2.75) is 11.8 Å². The van der Waals surface area contributed by atoms with Crippen molar-refractivity contribution in [1.82, 2.24) is 10.3 Å². The average Bonchev–Trinajstić information content (AvgIpc) is 2.76. The third kappa shape index (κ3) is 6.15. The molecule has 9 heteroatoms. The smallest absolute Gasteiger partial charge is 0.242 e. The van der Waals surface area contributed by atoms with Gasteiger partial charge in [0.1, 0.15) is 11.2 Å². The Bertz CT molecular complexity index is 1010. The molecule has 1 unspecified atom stereocenters. The lowest BCUT2D eigenvalue weighted by Crippen LogP contribution is -2.43. The Kier molecular flexibility index (Phi) is 9.66. The molecule has 2 heterocycles. The van der Waals surface area contributed by atoms with Gasteiger partial charge < -0.3 is 15.5 Å². The van der Waals surface area contributed by atoms with Crippen LogP contribution in [0.2, 0.25) is 5.02 Å². The Balaban J connectivity index is 0.00000171. The predicted octanol–water partition coefficient (Wildman–Crippen LogP) is 4.93. The largest absolute Gasteiger partial charge is 0.354 e. The molecule has 2 N–H and O–H groups in total. The quantitative estimate of drug-likeness (QED) is 0.486. The molecule has 0 radical (unpaired) electrons. The van der Waals surface area contributed by atoms with Gasteiger partial charge in [0.05, 0.1) is 16.2 Å². The number of carbonyl (C=O) groups is 1. The van der Waals surface area contributed by atoms with Gasteiger partial charge in [-0.1, -0.05) is 41.9 Å². The zero-order valence-corrected chi connectivity index (χ0v) is 19.8. The molecule has 4 rings (SSSR count). The molecule has 1 aromatic heterocycles. The van der Waals surface area contributed by atoms with E-state index in [4.69, 9.17) is 28.2 Å². The topological polar surface area (TPSA) is 57.3 Å². The number of halogens is 4. The number of hydrogen-bond donors (Lipinski definition) is 2. The zero-order chi connectivity index (χ0) is 20.2. The van der Waals surface area contributed by atoms with Crippen molar-refractivity contribution in [3.05, 3.63) is 65.2 Å². The van der Waals surface area contributed by atoms with Gasteiger partial charge in [-0.15, -0.1) is 36.4 Å². The van der Waals surface area contributed by atoms with E-state index in [-0.39, 0.29) is 30.7 Å². The number of hydrogen-bond acceptors (Lipinski definition) is 4. The molecule has 3 aromatic rings. The number of amides is 1. The van der Waals surface area contributed by atoms with Crippen molar-refractivity contribution in [1.29, 1.82) is 0 Å². The fourth-order valence-electron chi connectivity index (χ4n) is 3.48. The molecule has 1 aliphatic rings. The van der Waals surface area contributed by atoms with Crippen LogP contribution in [0.15, 0.2) is 54.6 Å². The highest BCUT2D eigenvalue weighted by atomic mass is 35.5. The molecule has 0 spiro atoms. The summed E-state index contributed by atoms with van der Waals surface area (Å²) in [5.41, 5.74) is 2.34. The number of alkyl halides is 1. The van der Waals surface area contributed by atoms with Crippen LogP contribution in [0.25, 0.3) is 10.9 Å². The van der Waals surface area contributed by atoms with Crippen LogP contribution in [0.1, 0.15) is 5.56 Å². The Morgan fingerprint density at radius 1 is 1.06 bits per heavy atom. The summed E-state index contributed by atoms with van der Waals surface area (Å²) in [7, 11) is 0. The minimum Gasteiger partial charge on any atom is -0.354 e. The average molecular weight is 502 g/mol. The summed E-state index contributed by atoms with van der Waals surface area (Å²) >= 11 is 12.8. The van der Waals surface area contributed by atoms with E-state index in [1.807, 2.05) is 48.5 Å². The van der Waals surface area contributed by atoms with Crippen LogP contribution < -0.4 is 15.5 Å². The number of pyridine rings is 1. The van der Waals surface area contributed by atoms with Gasteiger partial charge in [0, 0.05) is 31.6 Å². The highest BCUT2D eigenvalue weighted by Gasteiger charge is 2.19. The highest BCUT2D eigenvalue weighted by molar-refractivity contribution is 6.37. The van der Waals surface area contributed by atoms with E-state index < -0.39 is 5.38 Å². The molecule has 1 atom stereocenters. The van der Waals surface area contributed by atoms with Gasteiger partial charge in [-0.05, 0) is 36.2 Å². The molecule has 0 saturated carbocycles. The summed E-state index contributed by atoms with van der Waals surface area (Å²) in [5.74, 6) is 0.647. The van der Waals surface area contributed by atoms with Gasteiger partial charge >= 0.3 is 0 Å². The number of piperazine rings is 1. The standard InChI is InChI=1S/C22H22Cl2N4O.2ClH/c23-17-7-8-19-16(6-9-20(26-19)28-12-10-25-11-13-28)21(17)27-22(29)18(24)14-15-4-2-1-3-5-15;;/h1-9,18,25H,10-14H2,(H,27,29);2*1H. The van der Waals surface area contributed by atoms with Crippen molar-refractivity contribution in [2.24, 2.45) is 0 Å². The molecule has 1 aliphatic heterocycles. The van der Waals surface area contributed by atoms with Crippen LogP contribution in [0, 0.1) is 0 Å². The summed E-state index contributed by atoms with van der Waals surface area (Å²) in [4.78, 5) is 19.7. The molecule has 5 nitrogen and oxygen atoms in total.